The van der Waals surface area contributed by atoms with E-state index in [4.69, 9.17) is 11.6 Å². The quantitative estimate of drug-likeness (QED) is 0.885. The van der Waals surface area contributed by atoms with Crippen molar-refractivity contribution in [3.8, 4) is 0 Å². The standard InChI is InChI=1S/C14H18ClNO2/c1-10-4-5-11(15)8-12(10)13(17)16-9-14(18)6-2-3-7-14/h4-5,8,18H,2-3,6-7,9H2,1H3,(H,16,17). The fraction of sp³-hybridized carbons (Fsp3) is 0.500. The van der Waals surface area contributed by atoms with E-state index in [0.29, 0.717) is 17.1 Å². The van der Waals surface area contributed by atoms with E-state index in [9.17, 15) is 9.90 Å². The van der Waals surface area contributed by atoms with Gasteiger partial charge in [0.2, 0.25) is 0 Å². The number of hydrogen-bond acceptors (Lipinski definition) is 2. The lowest BCUT2D eigenvalue weighted by Crippen LogP contribution is -2.40. The molecule has 1 aliphatic carbocycles. The number of hydrogen-bond donors (Lipinski definition) is 2. The van der Waals surface area contributed by atoms with E-state index in [1.54, 1.807) is 12.1 Å². The minimum Gasteiger partial charge on any atom is -0.388 e. The molecule has 1 aliphatic rings. The molecule has 0 saturated heterocycles. The Kier molecular flexibility index (Phi) is 3.93. The first-order valence-electron chi connectivity index (χ1n) is 6.27. The number of carbonyl (C=O) groups excluding carboxylic acids is 1. The maximum atomic E-state index is 12.0. The van der Waals surface area contributed by atoms with E-state index in [1.807, 2.05) is 13.0 Å². The van der Waals surface area contributed by atoms with Crippen molar-refractivity contribution in [2.45, 2.75) is 38.2 Å². The van der Waals surface area contributed by atoms with Crippen LogP contribution >= 0.6 is 11.6 Å². The third kappa shape index (κ3) is 3.03. The molecule has 2 rings (SSSR count). The monoisotopic (exact) mass is 267 g/mol. The van der Waals surface area contributed by atoms with Gasteiger partial charge in [-0.1, -0.05) is 30.5 Å². The Morgan fingerprint density at radius 2 is 2.11 bits per heavy atom. The minimum absolute atomic E-state index is 0.171. The third-order valence-corrected chi connectivity index (χ3v) is 3.79. The lowest BCUT2D eigenvalue weighted by atomic mass is 10.0. The van der Waals surface area contributed by atoms with Gasteiger partial charge in [0.25, 0.3) is 5.91 Å². The molecule has 2 N–H and O–H groups in total. The molecule has 98 valence electrons. The number of rotatable bonds is 3. The summed E-state index contributed by atoms with van der Waals surface area (Å²) in [6, 6.07) is 5.24. The molecule has 0 aliphatic heterocycles. The Balaban J connectivity index is 2.01. The van der Waals surface area contributed by atoms with Crippen molar-refractivity contribution >= 4 is 17.5 Å². The largest absolute Gasteiger partial charge is 0.388 e. The summed E-state index contributed by atoms with van der Waals surface area (Å²) in [4.78, 5) is 12.0. The van der Waals surface area contributed by atoms with Crippen LogP contribution < -0.4 is 5.32 Å². The highest BCUT2D eigenvalue weighted by Gasteiger charge is 2.31. The number of aliphatic hydroxyl groups is 1. The predicted molar refractivity (Wildman–Crippen MR) is 71.9 cm³/mol. The number of aryl methyl sites for hydroxylation is 1. The SMILES string of the molecule is Cc1ccc(Cl)cc1C(=O)NCC1(O)CCCC1. The summed E-state index contributed by atoms with van der Waals surface area (Å²) in [5.41, 5.74) is 0.738. The van der Waals surface area contributed by atoms with Crippen molar-refractivity contribution in [1.29, 1.82) is 0 Å². The fourth-order valence-corrected chi connectivity index (χ4v) is 2.56. The number of nitrogens with one attached hydrogen (secondary N) is 1. The number of amides is 1. The van der Waals surface area contributed by atoms with E-state index in [-0.39, 0.29) is 5.91 Å². The van der Waals surface area contributed by atoms with E-state index in [2.05, 4.69) is 5.32 Å². The molecule has 18 heavy (non-hydrogen) atoms. The van der Waals surface area contributed by atoms with Crippen LogP contribution in [0.5, 0.6) is 0 Å². The van der Waals surface area contributed by atoms with Gasteiger partial charge in [-0.15, -0.1) is 0 Å². The lowest BCUT2D eigenvalue weighted by Gasteiger charge is -2.22. The van der Waals surface area contributed by atoms with Crippen LogP contribution in [0.25, 0.3) is 0 Å². The minimum atomic E-state index is -0.720. The Bertz CT molecular complexity index is 453. The molecule has 4 heteroatoms. The molecule has 0 radical (unpaired) electrons. The Morgan fingerprint density at radius 1 is 1.44 bits per heavy atom. The smallest absolute Gasteiger partial charge is 0.251 e. The van der Waals surface area contributed by atoms with Gasteiger partial charge in [0.1, 0.15) is 0 Å². The first-order chi connectivity index (χ1) is 8.50. The molecular weight excluding hydrogens is 250 g/mol. The molecule has 0 atom stereocenters. The molecule has 3 nitrogen and oxygen atoms in total. The highest BCUT2D eigenvalue weighted by molar-refractivity contribution is 6.31. The second kappa shape index (κ2) is 5.29. The van der Waals surface area contributed by atoms with Gasteiger partial charge in [-0.25, -0.2) is 0 Å². The van der Waals surface area contributed by atoms with Gasteiger partial charge >= 0.3 is 0 Å². The van der Waals surface area contributed by atoms with Crippen LogP contribution in [0.15, 0.2) is 18.2 Å². The second-order valence-corrected chi connectivity index (χ2v) is 5.51. The summed E-state index contributed by atoms with van der Waals surface area (Å²) in [6.07, 6.45) is 3.59. The molecule has 1 aromatic rings. The third-order valence-electron chi connectivity index (χ3n) is 3.56. The van der Waals surface area contributed by atoms with Gasteiger partial charge in [0.15, 0.2) is 0 Å². The summed E-state index contributed by atoms with van der Waals surface area (Å²) < 4.78 is 0. The van der Waals surface area contributed by atoms with Gasteiger partial charge in [0, 0.05) is 17.1 Å². The molecule has 0 aromatic heterocycles. The fourth-order valence-electron chi connectivity index (χ4n) is 2.39. The Hall–Kier alpha value is -1.06. The molecule has 1 aromatic carbocycles. The first kappa shape index (κ1) is 13.4. The molecule has 1 saturated carbocycles. The lowest BCUT2D eigenvalue weighted by molar-refractivity contribution is 0.0449. The summed E-state index contributed by atoms with van der Waals surface area (Å²) in [7, 11) is 0. The molecule has 0 unspecified atom stereocenters. The maximum Gasteiger partial charge on any atom is 0.251 e. The maximum absolute atomic E-state index is 12.0. The van der Waals surface area contributed by atoms with Crippen molar-refractivity contribution in [1.82, 2.24) is 5.32 Å². The average Bonchev–Trinajstić information content (AvgIpc) is 2.77. The van der Waals surface area contributed by atoms with E-state index in [0.717, 1.165) is 31.2 Å². The van der Waals surface area contributed by atoms with Crippen molar-refractivity contribution in [2.75, 3.05) is 6.54 Å². The zero-order valence-corrected chi connectivity index (χ0v) is 11.3. The van der Waals surface area contributed by atoms with Crippen LogP contribution in [-0.2, 0) is 0 Å². The summed E-state index contributed by atoms with van der Waals surface area (Å²) in [6.45, 7) is 2.19. The van der Waals surface area contributed by atoms with Crippen LogP contribution in [0, 0.1) is 6.92 Å². The molecule has 1 amide bonds. The van der Waals surface area contributed by atoms with Gasteiger partial charge in [-0.05, 0) is 37.5 Å². The van der Waals surface area contributed by atoms with Crippen LogP contribution in [0.3, 0.4) is 0 Å². The van der Waals surface area contributed by atoms with Gasteiger partial charge in [-0.2, -0.15) is 0 Å². The highest BCUT2D eigenvalue weighted by atomic mass is 35.5. The van der Waals surface area contributed by atoms with E-state index < -0.39 is 5.60 Å². The zero-order chi connectivity index (χ0) is 13.2. The van der Waals surface area contributed by atoms with Crippen LogP contribution in [-0.4, -0.2) is 23.2 Å². The highest BCUT2D eigenvalue weighted by Crippen LogP contribution is 2.28. The number of halogens is 1. The Labute approximate surface area is 112 Å². The van der Waals surface area contributed by atoms with Crippen molar-refractivity contribution in [2.24, 2.45) is 0 Å². The summed E-state index contributed by atoms with van der Waals surface area (Å²) in [5, 5.41) is 13.5. The number of benzene rings is 1. The van der Waals surface area contributed by atoms with Gasteiger partial charge < -0.3 is 10.4 Å². The van der Waals surface area contributed by atoms with Crippen molar-refractivity contribution in [3.05, 3.63) is 34.3 Å². The zero-order valence-electron chi connectivity index (χ0n) is 10.5. The van der Waals surface area contributed by atoms with Crippen molar-refractivity contribution in [3.63, 3.8) is 0 Å². The topological polar surface area (TPSA) is 49.3 Å². The normalized spacial score (nSPS) is 17.7. The first-order valence-corrected chi connectivity index (χ1v) is 6.65. The molecule has 0 bridgehead atoms. The Morgan fingerprint density at radius 3 is 2.78 bits per heavy atom. The van der Waals surface area contributed by atoms with Gasteiger partial charge in [-0.3, -0.25) is 4.79 Å². The van der Waals surface area contributed by atoms with Gasteiger partial charge in [0.05, 0.1) is 5.60 Å². The van der Waals surface area contributed by atoms with Crippen LogP contribution in [0.1, 0.15) is 41.6 Å². The van der Waals surface area contributed by atoms with E-state index >= 15 is 0 Å². The van der Waals surface area contributed by atoms with Crippen molar-refractivity contribution < 1.29 is 9.90 Å². The van der Waals surface area contributed by atoms with E-state index in [1.165, 1.54) is 0 Å². The van der Waals surface area contributed by atoms with Crippen LogP contribution in [0.2, 0.25) is 5.02 Å². The summed E-state index contributed by atoms with van der Waals surface area (Å²) >= 11 is 5.89. The average molecular weight is 268 g/mol. The predicted octanol–water partition coefficient (Wildman–Crippen LogP) is 2.68. The molecule has 0 spiro atoms. The molecule has 1 fully saturated rings. The number of carbonyl (C=O) groups is 1. The molecule has 0 heterocycles. The second-order valence-electron chi connectivity index (χ2n) is 5.07. The summed E-state index contributed by atoms with van der Waals surface area (Å²) in [5.74, 6) is -0.171. The van der Waals surface area contributed by atoms with Crippen LogP contribution in [0.4, 0.5) is 0 Å². The molecular formula is C14H18ClNO2.